The van der Waals surface area contributed by atoms with Crippen LogP contribution in [0.3, 0.4) is 0 Å². The van der Waals surface area contributed by atoms with Crippen LogP contribution >= 0.6 is 0 Å². The zero-order valence-electron chi connectivity index (χ0n) is 7.51. The highest BCUT2D eigenvalue weighted by molar-refractivity contribution is 5.78. The fraction of sp³-hybridized carbons (Fsp3) is 0.100. The highest BCUT2D eigenvalue weighted by atomic mass is 15.4. The van der Waals surface area contributed by atoms with Crippen molar-refractivity contribution in [1.29, 1.82) is 0 Å². The zero-order valence-corrected chi connectivity index (χ0v) is 7.51. The molecule has 1 aromatic heterocycles. The summed E-state index contributed by atoms with van der Waals surface area (Å²) in [5.41, 5.74) is 2.26. The molecule has 4 heteroatoms. The van der Waals surface area contributed by atoms with E-state index in [0.717, 1.165) is 11.0 Å². The molecule has 0 aliphatic rings. The Balaban J connectivity index is 2.60. The molecule has 0 atom stereocenters. The van der Waals surface area contributed by atoms with Gasteiger partial charge < -0.3 is 0 Å². The zero-order chi connectivity index (χ0) is 9.97. The van der Waals surface area contributed by atoms with Gasteiger partial charge in [-0.1, -0.05) is 17.4 Å². The van der Waals surface area contributed by atoms with Gasteiger partial charge in [0.2, 0.25) is 0 Å². The number of fused-ring (bicyclic) bond motifs is 1. The number of aromatic nitrogens is 3. The fourth-order valence-corrected chi connectivity index (χ4v) is 1.29. The lowest BCUT2D eigenvalue weighted by molar-refractivity contribution is 0.683. The van der Waals surface area contributed by atoms with E-state index in [9.17, 15) is 0 Å². The van der Waals surface area contributed by atoms with Crippen molar-refractivity contribution in [3.8, 4) is 0 Å². The van der Waals surface area contributed by atoms with Crippen molar-refractivity contribution in [3.05, 3.63) is 42.3 Å². The predicted molar refractivity (Wildman–Crippen MR) is 54.0 cm³/mol. The third kappa shape index (κ3) is 1.25. The van der Waals surface area contributed by atoms with Crippen molar-refractivity contribution in [2.45, 2.75) is 6.54 Å². The minimum atomic E-state index is 0.586. The van der Waals surface area contributed by atoms with E-state index in [2.05, 4.69) is 21.7 Å². The SMILES string of the molecule is [C-]#[N+]c1ccc2c(c1)nnn2CC=C. The van der Waals surface area contributed by atoms with E-state index in [1.165, 1.54) is 0 Å². The average Bonchev–Trinajstić information content (AvgIpc) is 2.61. The first-order valence-corrected chi connectivity index (χ1v) is 4.17. The number of nitrogens with zero attached hydrogens (tertiary/aromatic N) is 4. The maximum absolute atomic E-state index is 6.86. The van der Waals surface area contributed by atoms with Crippen molar-refractivity contribution < 1.29 is 0 Å². The van der Waals surface area contributed by atoms with E-state index in [-0.39, 0.29) is 0 Å². The van der Waals surface area contributed by atoms with Gasteiger partial charge in [-0.05, 0) is 12.1 Å². The van der Waals surface area contributed by atoms with Gasteiger partial charge in [-0.2, -0.15) is 0 Å². The van der Waals surface area contributed by atoms with E-state index < -0.39 is 0 Å². The first-order chi connectivity index (χ1) is 6.85. The van der Waals surface area contributed by atoms with Crippen molar-refractivity contribution >= 4 is 16.7 Å². The molecule has 0 spiro atoms. The largest absolute Gasteiger partial charge is 0.241 e. The summed E-state index contributed by atoms with van der Waals surface area (Å²) in [6.45, 7) is 11.1. The molecule has 1 heterocycles. The average molecular weight is 184 g/mol. The molecular formula is C10H8N4. The smallest absolute Gasteiger partial charge is 0.189 e. The Morgan fingerprint density at radius 1 is 1.57 bits per heavy atom. The van der Waals surface area contributed by atoms with E-state index in [0.29, 0.717) is 12.2 Å². The van der Waals surface area contributed by atoms with Crippen LogP contribution in [0.1, 0.15) is 0 Å². The Morgan fingerprint density at radius 3 is 3.14 bits per heavy atom. The maximum atomic E-state index is 6.86. The number of benzene rings is 1. The summed E-state index contributed by atoms with van der Waals surface area (Å²) < 4.78 is 1.75. The molecular weight excluding hydrogens is 176 g/mol. The second-order valence-corrected chi connectivity index (χ2v) is 2.85. The van der Waals surface area contributed by atoms with Gasteiger partial charge in [-0.3, -0.25) is 0 Å². The molecule has 0 N–H and O–H groups in total. The summed E-state index contributed by atoms with van der Waals surface area (Å²) in [5.74, 6) is 0. The molecule has 1 aromatic carbocycles. The number of hydrogen-bond donors (Lipinski definition) is 0. The van der Waals surface area contributed by atoms with Crippen LogP contribution < -0.4 is 0 Å². The number of hydrogen-bond acceptors (Lipinski definition) is 2. The lowest BCUT2D eigenvalue weighted by Gasteiger charge is -1.95. The lowest BCUT2D eigenvalue weighted by Crippen LogP contribution is -1.96. The molecule has 0 aliphatic heterocycles. The molecule has 68 valence electrons. The van der Waals surface area contributed by atoms with Gasteiger partial charge in [0.15, 0.2) is 5.69 Å². The van der Waals surface area contributed by atoms with Crippen LogP contribution in [0.2, 0.25) is 0 Å². The summed E-state index contributed by atoms with van der Waals surface area (Å²) >= 11 is 0. The minimum Gasteiger partial charge on any atom is -0.241 e. The van der Waals surface area contributed by atoms with Gasteiger partial charge >= 0.3 is 0 Å². The number of allylic oxidation sites excluding steroid dienone is 1. The van der Waals surface area contributed by atoms with Crippen LogP contribution in [0.4, 0.5) is 5.69 Å². The topological polar surface area (TPSA) is 35.1 Å². The minimum absolute atomic E-state index is 0.586. The quantitative estimate of drug-likeness (QED) is 0.529. The van der Waals surface area contributed by atoms with Crippen LogP contribution in [0.5, 0.6) is 0 Å². The lowest BCUT2D eigenvalue weighted by atomic mass is 10.3. The van der Waals surface area contributed by atoms with Crippen molar-refractivity contribution in [3.63, 3.8) is 0 Å². The van der Waals surface area contributed by atoms with Gasteiger partial charge in [-0.15, -0.1) is 11.7 Å². The summed E-state index contributed by atoms with van der Waals surface area (Å²) in [4.78, 5) is 3.33. The van der Waals surface area contributed by atoms with E-state index >= 15 is 0 Å². The Labute approximate surface area is 81.3 Å². The van der Waals surface area contributed by atoms with Crippen LogP contribution in [0.25, 0.3) is 15.9 Å². The first kappa shape index (κ1) is 8.45. The predicted octanol–water partition coefficient (Wildman–Crippen LogP) is 2.17. The van der Waals surface area contributed by atoms with Gasteiger partial charge in [0.25, 0.3) is 0 Å². The Hall–Kier alpha value is -2.15. The van der Waals surface area contributed by atoms with E-state index in [1.807, 2.05) is 6.07 Å². The van der Waals surface area contributed by atoms with Crippen molar-refractivity contribution in [2.24, 2.45) is 0 Å². The summed E-state index contributed by atoms with van der Waals surface area (Å²) in [6.07, 6.45) is 1.76. The van der Waals surface area contributed by atoms with E-state index in [1.54, 1.807) is 22.9 Å². The van der Waals surface area contributed by atoms with Crippen LogP contribution in [0.15, 0.2) is 30.9 Å². The second-order valence-electron chi connectivity index (χ2n) is 2.85. The summed E-state index contributed by atoms with van der Waals surface area (Å²) in [7, 11) is 0. The highest BCUT2D eigenvalue weighted by Gasteiger charge is 2.03. The molecule has 2 rings (SSSR count). The third-order valence-corrected chi connectivity index (χ3v) is 1.93. The first-order valence-electron chi connectivity index (χ1n) is 4.17. The molecule has 4 nitrogen and oxygen atoms in total. The standard InChI is InChI=1S/C10H8N4/c1-3-6-14-10-5-4-8(11-2)7-9(10)12-13-14/h3-5,7H,1,6H2. The molecule has 14 heavy (non-hydrogen) atoms. The molecule has 0 saturated heterocycles. The van der Waals surface area contributed by atoms with Crippen LogP contribution in [-0.2, 0) is 6.54 Å². The normalized spacial score (nSPS) is 9.93. The summed E-state index contributed by atoms with van der Waals surface area (Å²) in [6, 6.07) is 5.35. The van der Waals surface area contributed by atoms with E-state index in [4.69, 9.17) is 6.57 Å². The van der Waals surface area contributed by atoms with Gasteiger partial charge in [0.1, 0.15) is 5.52 Å². The fourth-order valence-electron chi connectivity index (χ4n) is 1.29. The molecule has 2 aromatic rings. The Morgan fingerprint density at radius 2 is 2.43 bits per heavy atom. The molecule has 0 aliphatic carbocycles. The Bertz CT molecular complexity index is 518. The molecule has 0 radical (unpaired) electrons. The van der Waals surface area contributed by atoms with Gasteiger partial charge in [0.05, 0.1) is 18.6 Å². The molecule has 0 fully saturated rings. The van der Waals surface area contributed by atoms with Gasteiger partial charge in [-0.25, -0.2) is 9.53 Å². The highest BCUT2D eigenvalue weighted by Crippen LogP contribution is 2.18. The molecule has 0 unspecified atom stereocenters. The molecule has 0 amide bonds. The summed E-state index contributed by atoms with van der Waals surface area (Å²) in [5, 5.41) is 7.92. The van der Waals surface area contributed by atoms with Crippen molar-refractivity contribution in [1.82, 2.24) is 15.0 Å². The molecule has 0 bridgehead atoms. The third-order valence-electron chi connectivity index (χ3n) is 1.93. The Kier molecular flexibility index (Phi) is 1.99. The van der Waals surface area contributed by atoms with Crippen LogP contribution in [-0.4, -0.2) is 15.0 Å². The maximum Gasteiger partial charge on any atom is 0.189 e. The monoisotopic (exact) mass is 184 g/mol. The molecule has 0 saturated carbocycles. The van der Waals surface area contributed by atoms with Crippen LogP contribution in [0, 0.1) is 6.57 Å². The number of rotatable bonds is 2. The van der Waals surface area contributed by atoms with Crippen molar-refractivity contribution in [2.75, 3.05) is 0 Å². The van der Waals surface area contributed by atoms with Gasteiger partial charge in [0, 0.05) is 0 Å². The second kappa shape index (κ2) is 3.30.